The van der Waals surface area contributed by atoms with E-state index in [9.17, 15) is 22.4 Å². The van der Waals surface area contributed by atoms with Crippen molar-refractivity contribution >= 4 is 34.4 Å². The predicted molar refractivity (Wildman–Crippen MR) is 106 cm³/mol. The van der Waals surface area contributed by atoms with Crippen molar-refractivity contribution in [2.75, 3.05) is 18.0 Å². The highest BCUT2D eigenvalue weighted by molar-refractivity contribution is 6.31. The maximum Gasteiger partial charge on any atom is 0.405 e. The van der Waals surface area contributed by atoms with E-state index >= 15 is 0 Å². The summed E-state index contributed by atoms with van der Waals surface area (Å²) >= 11 is 6.02. The average molecular weight is 457 g/mol. The number of carbonyl (C=O) groups excluding carboxylic acids is 1. The Morgan fingerprint density at radius 2 is 2.13 bits per heavy atom. The highest BCUT2D eigenvalue weighted by atomic mass is 35.5. The van der Waals surface area contributed by atoms with Crippen LogP contribution in [0.3, 0.4) is 0 Å². The van der Waals surface area contributed by atoms with Crippen LogP contribution in [0.5, 0.6) is 0 Å². The fourth-order valence-electron chi connectivity index (χ4n) is 3.75. The third kappa shape index (κ3) is 4.01. The zero-order valence-corrected chi connectivity index (χ0v) is 17.0. The first-order valence-corrected chi connectivity index (χ1v) is 9.74. The molecule has 0 aliphatic carbocycles. The van der Waals surface area contributed by atoms with E-state index in [2.05, 4.69) is 19.9 Å². The standard InChI is InChI=1S/C19H17ClF4N6O/c1-18(17(31)28-9-19(22,23)24)3-2-4-30(18)16-13(21)8-27-15(29-16)12-7-26-14-11(12)5-10(20)6-25-14/h5-8H,2-4,9H2,1H3,(H,25,26)(H,28,31)/t18-/m1/s1. The summed E-state index contributed by atoms with van der Waals surface area (Å²) in [6.45, 7) is 0.267. The molecule has 2 N–H and O–H groups in total. The number of alkyl halides is 3. The van der Waals surface area contributed by atoms with Gasteiger partial charge in [0.25, 0.3) is 0 Å². The summed E-state index contributed by atoms with van der Waals surface area (Å²) in [7, 11) is 0. The molecule has 0 spiro atoms. The van der Waals surface area contributed by atoms with Crippen molar-refractivity contribution < 1.29 is 22.4 Å². The molecule has 0 radical (unpaired) electrons. The number of nitrogens with zero attached hydrogens (tertiary/aromatic N) is 4. The van der Waals surface area contributed by atoms with Crippen molar-refractivity contribution in [1.82, 2.24) is 25.3 Å². The Morgan fingerprint density at radius 1 is 1.35 bits per heavy atom. The van der Waals surface area contributed by atoms with Gasteiger partial charge >= 0.3 is 6.18 Å². The fraction of sp³-hybridized carbons (Fsp3) is 0.368. The molecule has 3 aromatic heterocycles. The number of amides is 1. The number of aromatic nitrogens is 4. The van der Waals surface area contributed by atoms with Crippen LogP contribution in [0.25, 0.3) is 22.4 Å². The van der Waals surface area contributed by atoms with Gasteiger partial charge in [0.2, 0.25) is 5.91 Å². The number of fused-ring (bicyclic) bond motifs is 1. The van der Waals surface area contributed by atoms with Gasteiger partial charge in [0, 0.05) is 29.9 Å². The van der Waals surface area contributed by atoms with Gasteiger partial charge < -0.3 is 15.2 Å². The van der Waals surface area contributed by atoms with Crippen molar-refractivity contribution in [2.24, 2.45) is 0 Å². The third-order valence-corrected chi connectivity index (χ3v) is 5.51. The summed E-state index contributed by atoms with van der Waals surface area (Å²) < 4.78 is 52.4. The second kappa shape index (κ2) is 7.63. The summed E-state index contributed by atoms with van der Waals surface area (Å²) in [5.41, 5.74) is -0.330. The van der Waals surface area contributed by atoms with E-state index in [0.29, 0.717) is 28.0 Å². The van der Waals surface area contributed by atoms with Gasteiger partial charge in [-0.25, -0.2) is 19.3 Å². The minimum absolute atomic E-state index is 0.156. The summed E-state index contributed by atoms with van der Waals surface area (Å²) in [6, 6.07) is 1.66. The van der Waals surface area contributed by atoms with Crippen LogP contribution < -0.4 is 10.2 Å². The lowest BCUT2D eigenvalue weighted by Gasteiger charge is -2.35. The summed E-state index contributed by atoms with van der Waals surface area (Å²) in [5.74, 6) is -1.62. The number of aromatic amines is 1. The van der Waals surface area contributed by atoms with E-state index in [1.807, 2.05) is 5.32 Å². The molecule has 4 heterocycles. The quantitative estimate of drug-likeness (QED) is 0.582. The first-order chi connectivity index (χ1) is 14.6. The van der Waals surface area contributed by atoms with E-state index in [4.69, 9.17) is 11.6 Å². The van der Waals surface area contributed by atoms with Gasteiger partial charge in [0.15, 0.2) is 17.5 Å². The van der Waals surface area contributed by atoms with E-state index < -0.39 is 30.0 Å². The number of H-pyrrole nitrogens is 1. The van der Waals surface area contributed by atoms with Gasteiger partial charge in [0.1, 0.15) is 17.7 Å². The van der Waals surface area contributed by atoms with Crippen molar-refractivity contribution in [3.63, 3.8) is 0 Å². The van der Waals surface area contributed by atoms with Crippen LogP contribution in [0, 0.1) is 5.82 Å². The lowest BCUT2D eigenvalue weighted by molar-refractivity contribution is -0.141. The predicted octanol–water partition coefficient (Wildman–Crippen LogP) is 3.85. The molecule has 12 heteroatoms. The SMILES string of the molecule is C[C@]1(C(=O)NCC(F)(F)F)CCCN1c1nc(-c2c[nH]c3ncc(Cl)cc23)ncc1F. The van der Waals surface area contributed by atoms with Gasteiger partial charge in [-0.15, -0.1) is 0 Å². The highest BCUT2D eigenvalue weighted by Crippen LogP contribution is 2.36. The van der Waals surface area contributed by atoms with Crippen molar-refractivity contribution in [3.8, 4) is 11.4 Å². The van der Waals surface area contributed by atoms with Crippen molar-refractivity contribution in [2.45, 2.75) is 31.5 Å². The number of pyridine rings is 1. The Kier molecular flexibility index (Phi) is 5.24. The number of hydrogen-bond acceptors (Lipinski definition) is 5. The molecule has 0 unspecified atom stereocenters. The summed E-state index contributed by atoms with van der Waals surface area (Å²) in [4.78, 5) is 29.4. The molecule has 1 amide bonds. The Labute approximate surface area is 178 Å². The molecule has 0 saturated carbocycles. The van der Waals surface area contributed by atoms with Crippen LogP contribution in [0.2, 0.25) is 5.02 Å². The molecule has 1 atom stereocenters. The fourth-order valence-corrected chi connectivity index (χ4v) is 3.91. The smallest absolute Gasteiger partial charge is 0.345 e. The lowest BCUT2D eigenvalue weighted by Crippen LogP contribution is -2.55. The first-order valence-electron chi connectivity index (χ1n) is 9.37. The van der Waals surface area contributed by atoms with Gasteiger partial charge in [-0.1, -0.05) is 11.6 Å². The van der Waals surface area contributed by atoms with Gasteiger partial charge in [-0.3, -0.25) is 4.79 Å². The number of hydrogen-bond donors (Lipinski definition) is 2. The zero-order chi connectivity index (χ0) is 22.4. The summed E-state index contributed by atoms with van der Waals surface area (Å²) in [5, 5.41) is 2.91. The molecule has 1 fully saturated rings. The van der Waals surface area contributed by atoms with Crippen LogP contribution in [0.1, 0.15) is 19.8 Å². The topological polar surface area (TPSA) is 86.8 Å². The molecule has 1 aliphatic rings. The normalized spacial score (nSPS) is 19.2. The molecule has 7 nitrogen and oxygen atoms in total. The van der Waals surface area contributed by atoms with E-state index in [0.717, 1.165) is 6.20 Å². The molecular formula is C19H17ClF4N6O. The number of nitrogens with one attached hydrogen (secondary N) is 2. The minimum atomic E-state index is -4.55. The maximum absolute atomic E-state index is 14.7. The molecule has 0 aromatic carbocycles. The largest absolute Gasteiger partial charge is 0.405 e. The van der Waals surface area contributed by atoms with Crippen molar-refractivity contribution in [1.29, 1.82) is 0 Å². The Hall–Kier alpha value is -2.95. The van der Waals surface area contributed by atoms with Crippen LogP contribution in [0.15, 0.2) is 24.7 Å². The van der Waals surface area contributed by atoms with Crippen molar-refractivity contribution in [3.05, 3.63) is 35.5 Å². The zero-order valence-electron chi connectivity index (χ0n) is 16.2. The van der Waals surface area contributed by atoms with Gasteiger partial charge in [-0.2, -0.15) is 13.2 Å². The summed E-state index contributed by atoms with van der Waals surface area (Å²) in [6.07, 6.45) is 0.234. The Balaban J connectivity index is 1.70. The first kappa shape index (κ1) is 21.3. The second-order valence-corrected chi connectivity index (χ2v) is 7.88. The van der Waals surface area contributed by atoms with E-state index in [1.54, 1.807) is 12.3 Å². The van der Waals surface area contributed by atoms with E-state index in [-0.39, 0.29) is 24.6 Å². The average Bonchev–Trinajstić information content (AvgIpc) is 3.30. The molecule has 1 saturated heterocycles. The second-order valence-electron chi connectivity index (χ2n) is 7.44. The molecule has 164 valence electrons. The number of halogens is 5. The molecule has 4 rings (SSSR count). The monoisotopic (exact) mass is 456 g/mol. The molecular weight excluding hydrogens is 440 g/mol. The Bertz CT molecular complexity index is 1150. The van der Waals surface area contributed by atoms with Crippen LogP contribution in [-0.2, 0) is 4.79 Å². The van der Waals surface area contributed by atoms with E-state index in [1.165, 1.54) is 18.0 Å². The van der Waals surface area contributed by atoms with Crippen LogP contribution in [0.4, 0.5) is 23.4 Å². The van der Waals surface area contributed by atoms with Crippen LogP contribution in [-0.4, -0.2) is 50.6 Å². The minimum Gasteiger partial charge on any atom is -0.345 e. The number of anilines is 1. The van der Waals surface area contributed by atoms with Crippen LogP contribution >= 0.6 is 11.6 Å². The molecule has 3 aromatic rings. The maximum atomic E-state index is 14.7. The highest BCUT2D eigenvalue weighted by Gasteiger charge is 2.46. The number of rotatable bonds is 4. The molecule has 1 aliphatic heterocycles. The van der Waals surface area contributed by atoms with Gasteiger partial charge in [0.05, 0.1) is 11.2 Å². The van der Waals surface area contributed by atoms with Gasteiger partial charge in [-0.05, 0) is 25.8 Å². The Morgan fingerprint density at radius 3 is 2.87 bits per heavy atom. The molecule has 0 bridgehead atoms. The molecule has 31 heavy (non-hydrogen) atoms. The number of carbonyl (C=O) groups is 1. The third-order valence-electron chi connectivity index (χ3n) is 5.30. The lowest BCUT2D eigenvalue weighted by atomic mass is 9.97.